The van der Waals surface area contributed by atoms with Crippen LogP contribution in [0.5, 0.6) is 0 Å². The van der Waals surface area contributed by atoms with Crippen LogP contribution in [0.3, 0.4) is 0 Å². The molecule has 1 aromatic heterocycles. The second kappa shape index (κ2) is 7.13. The number of aliphatic imine (C=N–C) groups is 1. The maximum Gasteiger partial charge on any atom is 0.283 e. The van der Waals surface area contributed by atoms with Gasteiger partial charge in [0.25, 0.3) is 6.02 Å². The Morgan fingerprint density at radius 3 is 2.83 bits per heavy atom. The molecule has 1 saturated carbocycles. The van der Waals surface area contributed by atoms with Gasteiger partial charge in [0.1, 0.15) is 29.6 Å². The number of ether oxygens (including phenoxy) is 1. The normalized spacial score (nSPS) is 25.4. The molecule has 0 saturated heterocycles. The van der Waals surface area contributed by atoms with Crippen molar-refractivity contribution in [3.8, 4) is 6.07 Å². The van der Waals surface area contributed by atoms with E-state index in [1.807, 2.05) is 6.07 Å². The summed E-state index contributed by atoms with van der Waals surface area (Å²) in [4.78, 5) is 20.5. The molecular formula is C21H17F3N4O2. The van der Waals surface area contributed by atoms with Gasteiger partial charge in [-0.25, -0.2) is 18.2 Å². The predicted molar refractivity (Wildman–Crippen MR) is 100 cm³/mol. The third-order valence-corrected chi connectivity index (χ3v) is 5.53. The number of alkyl halides is 1. The fourth-order valence-electron chi connectivity index (χ4n) is 4.01. The summed E-state index contributed by atoms with van der Waals surface area (Å²) in [5.41, 5.74) is 4.18. The van der Waals surface area contributed by atoms with Gasteiger partial charge in [0.15, 0.2) is 17.4 Å². The minimum absolute atomic E-state index is 0.0736. The van der Waals surface area contributed by atoms with Crippen molar-refractivity contribution in [3.05, 3.63) is 64.5 Å². The number of fused-ring (bicyclic) bond motifs is 1. The molecule has 6 nitrogen and oxygen atoms in total. The molecule has 2 heterocycles. The van der Waals surface area contributed by atoms with Crippen LogP contribution in [-0.4, -0.2) is 29.1 Å². The zero-order valence-electron chi connectivity index (χ0n) is 15.9. The number of carbonyl (C=O) groups is 1. The molecular weight excluding hydrogens is 397 g/mol. The summed E-state index contributed by atoms with van der Waals surface area (Å²) in [5, 5.41) is 8.81. The Kier molecular flexibility index (Phi) is 4.73. The van der Waals surface area contributed by atoms with Crippen molar-refractivity contribution in [1.29, 1.82) is 5.26 Å². The summed E-state index contributed by atoms with van der Waals surface area (Å²) in [6.45, 7) is 1.22. The van der Waals surface area contributed by atoms with Gasteiger partial charge in [0, 0.05) is 24.1 Å². The van der Waals surface area contributed by atoms with Crippen LogP contribution in [0, 0.1) is 28.9 Å². The number of hydrogen-bond donors (Lipinski definition) is 1. The molecule has 154 valence electrons. The number of aromatic nitrogens is 1. The fraction of sp³-hybridized carbons (Fsp3) is 0.333. The highest BCUT2D eigenvalue weighted by atomic mass is 19.2. The lowest BCUT2D eigenvalue weighted by Gasteiger charge is -2.35. The second-order valence-corrected chi connectivity index (χ2v) is 7.47. The van der Waals surface area contributed by atoms with E-state index < -0.39 is 41.2 Å². The highest BCUT2D eigenvalue weighted by Gasteiger charge is 2.62. The molecule has 4 rings (SSSR count). The first kappa shape index (κ1) is 19.9. The monoisotopic (exact) mass is 414 g/mol. The number of halogens is 3. The standard InChI is InChI=1S/C21H17F3N4O2/c1-10(22)21(13-7-18(13)30-20(26)28-21)14-4-12(5-15(23)19(14)24)6-17(29)16-3-2-11(8-25)9-27-16/h2-5,9-10,13,18H,6-7H2,1H3,(H2,26,28)/t10?,13-,18+,21-/m0/s1. The van der Waals surface area contributed by atoms with E-state index in [2.05, 4.69) is 9.98 Å². The van der Waals surface area contributed by atoms with Crippen LogP contribution >= 0.6 is 0 Å². The minimum Gasteiger partial charge on any atom is -0.462 e. The summed E-state index contributed by atoms with van der Waals surface area (Å²) in [5.74, 6) is -3.38. The molecule has 0 radical (unpaired) electrons. The van der Waals surface area contributed by atoms with Crippen LogP contribution in [0.25, 0.3) is 0 Å². The zero-order chi connectivity index (χ0) is 21.6. The van der Waals surface area contributed by atoms with Gasteiger partial charge in [-0.05, 0) is 43.2 Å². The number of pyridine rings is 1. The topological polar surface area (TPSA) is 101 Å². The fourth-order valence-corrected chi connectivity index (χ4v) is 4.01. The lowest BCUT2D eigenvalue weighted by Crippen LogP contribution is -2.44. The number of benzene rings is 1. The summed E-state index contributed by atoms with van der Waals surface area (Å²) >= 11 is 0. The molecule has 9 heteroatoms. The quantitative estimate of drug-likeness (QED) is 0.758. The molecule has 1 aromatic carbocycles. The molecule has 0 spiro atoms. The smallest absolute Gasteiger partial charge is 0.283 e. The third-order valence-electron chi connectivity index (χ3n) is 5.53. The first-order valence-electron chi connectivity index (χ1n) is 9.30. The van der Waals surface area contributed by atoms with E-state index in [9.17, 15) is 18.0 Å². The summed E-state index contributed by atoms with van der Waals surface area (Å²) in [6, 6.07) is 6.58. The Bertz CT molecular complexity index is 1090. The van der Waals surface area contributed by atoms with Crippen LogP contribution in [0.2, 0.25) is 0 Å². The van der Waals surface area contributed by atoms with Crippen LogP contribution < -0.4 is 5.73 Å². The highest BCUT2D eigenvalue weighted by Crippen LogP contribution is 2.56. The Hall–Kier alpha value is -3.41. The van der Waals surface area contributed by atoms with Gasteiger partial charge in [-0.2, -0.15) is 5.26 Å². The van der Waals surface area contributed by atoms with Crippen molar-refractivity contribution in [2.75, 3.05) is 0 Å². The van der Waals surface area contributed by atoms with E-state index in [0.717, 1.165) is 6.07 Å². The average Bonchev–Trinajstić information content (AvgIpc) is 3.49. The van der Waals surface area contributed by atoms with E-state index >= 15 is 0 Å². The van der Waals surface area contributed by atoms with E-state index in [4.69, 9.17) is 15.7 Å². The van der Waals surface area contributed by atoms with Crippen LogP contribution in [-0.2, 0) is 16.7 Å². The molecule has 2 aromatic rings. The molecule has 2 aliphatic rings. The number of Topliss-reactive ketones (excluding diaryl/α,β-unsaturated/α-hetero) is 1. The molecule has 1 aliphatic carbocycles. The van der Waals surface area contributed by atoms with Gasteiger partial charge < -0.3 is 10.5 Å². The highest BCUT2D eigenvalue weighted by molar-refractivity contribution is 5.95. The van der Waals surface area contributed by atoms with Gasteiger partial charge in [0.2, 0.25) is 0 Å². The number of nitrogens with two attached hydrogens (primary N) is 1. The number of hydrogen-bond acceptors (Lipinski definition) is 6. The SMILES string of the molecule is CC(F)[C@]1(c2cc(CC(=O)c3ccc(C#N)cn3)cc(F)c2F)N=C(N)O[C@@H]2C[C@@H]21. The summed E-state index contributed by atoms with van der Waals surface area (Å²) < 4.78 is 49.4. The number of nitriles is 1. The molecule has 2 N–H and O–H groups in total. The van der Waals surface area contributed by atoms with E-state index in [1.54, 1.807) is 0 Å². The number of rotatable bonds is 5. The van der Waals surface area contributed by atoms with Crippen molar-refractivity contribution >= 4 is 11.8 Å². The van der Waals surface area contributed by atoms with Crippen LogP contribution in [0.1, 0.15) is 40.5 Å². The predicted octanol–water partition coefficient (Wildman–Crippen LogP) is 2.94. The third kappa shape index (κ3) is 3.18. The minimum atomic E-state index is -1.72. The first-order valence-corrected chi connectivity index (χ1v) is 9.30. The van der Waals surface area contributed by atoms with E-state index in [0.29, 0.717) is 6.42 Å². The van der Waals surface area contributed by atoms with Crippen molar-refractivity contribution in [1.82, 2.24) is 4.98 Å². The van der Waals surface area contributed by atoms with Gasteiger partial charge in [-0.3, -0.25) is 9.78 Å². The number of nitrogens with zero attached hydrogens (tertiary/aromatic N) is 3. The van der Waals surface area contributed by atoms with Gasteiger partial charge >= 0.3 is 0 Å². The molecule has 1 unspecified atom stereocenters. The second-order valence-electron chi connectivity index (χ2n) is 7.47. The van der Waals surface area contributed by atoms with E-state index in [-0.39, 0.29) is 34.8 Å². The lowest BCUT2D eigenvalue weighted by atomic mass is 9.79. The van der Waals surface area contributed by atoms with Crippen molar-refractivity contribution < 1.29 is 22.7 Å². The zero-order valence-corrected chi connectivity index (χ0v) is 15.9. The van der Waals surface area contributed by atoms with Gasteiger partial charge in [-0.1, -0.05) is 0 Å². The Morgan fingerprint density at radius 1 is 1.43 bits per heavy atom. The lowest BCUT2D eigenvalue weighted by molar-refractivity contribution is 0.0987. The number of ketones is 1. The summed E-state index contributed by atoms with van der Waals surface area (Å²) in [6.07, 6.45) is -0.705. The molecule has 1 aliphatic heterocycles. The van der Waals surface area contributed by atoms with Crippen LogP contribution in [0.15, 0.2) is 35.5 Å². The van der Waals surface area contributed by atoms with Crippen molar-refractivity contribution in [2.24, 2.45) is 16.6 Å². The van der Waals surface area contributed by atoms with Crippen LogP contribution in [0.4, 0.5) is 13.2 Å². The Labute approximate surface area is 170 Å². The Morgan fingerprint density at radius 2 is 2.20 bits per heavy atom. The molecule has 0 amide bonds. The maximum atomic E-state index is 14.8. The average molecular weight is 414 g/mol. The first-order chi connectivity index (χ1) is 14.3. The molecule has 4 atom stereocenters. The Balaban J connectivity index is 1.73. The van der Waals surface area contributed by atoms with Crippen molar-refractivity contribution in [2.45, 2.75) is 37.6 Å². The van der Waals surface area contributed by atoms with Gasteiger partial charge in [-0.15, -0.1) is 0 Å². The number of amidine groups is 1. The molecule has 30 heavy (non-hydrogen) atoms. The number of carbonyl (C=O) groups excluding carboxylic acids is 1. The maximum absolute atomic E-state index is 14.8. The molecule has 1 fully saturated rings. The van der Waals surface area contributed by atoms with E-state index in [1.165, 1.54) is 31.3 Å². The molecule has 0 bridgehead atoms. The largest absolute Gasteiger partial charge is 0.462 e. The van der Waals surface area contributed by atoms with Crippen molar-refractivity contribution in [3.63, 3.8) is 0 Å². The van der Waals surface area contributed by atoms with Gasteiger partial charge in [0.05, 0.1) is 5.56 Å². The summed E-state index contributed by atoms with van der Waals surface area (Å²) in [7, 11) is 0.